The average Bonchev–Trinajstić information content (AvgIpc) is 3.19. The second-order valence-corrected chi connectivity index (χ2v) is 7.81. The summed E-state index contributed by atoms with van der Waals surface area (Å²) in [5.41, 5.74) is 2.01. The van der Waals surface area contributed by atoms with E-state index in [1.54, 1.807) is 38.1 Å². The maximum atomic E-state index is 12.2. The molecule has 0 bridgehead atoms. The maximum Gasteiger partial charge on any atom is 0.338 e. The van der Waals surface area contributed by atoms with Crippen molar-refractivity contribution in [2.45, 2.75) is 38.7 Å². The van der Waals surface area contributed by atoms with E-state index in [0.717, 1.165) is 23.1 Å². The normalized spacial score (nSPS) is 10.7. The van der Waals surface area contributed by atoms with E-state index in [1.807, 2.05) is 31.2 Å². The minimum Gasteiger partial charge on any atom is -0.484 e. The van der Waals surface area contributed by atoms with E-state index < -0.39 is 5.97 Å². The van der Waals surface area contributed by atoms with E-state index in [4.69, 9.17) is 13.9 Å². The predicted molar refractivity (Wildman–Crippen MR) is 116 cm³/mol. The van der Waals surface area contributed by atoms with Crippen molar-refractivity contribution in [3.8, 4) is 5.75 Å². The van der Waals surface area contributed by atoms with Gasteiger partial charge in [0.2, 0.25) is 5.91 Å². The van der Waals surface area contributed by atoms with Gasteiger partial charge in [-0.05, 0) is 56.7 Å². The summed E-state index contributed by atoms with van der Waals surface area (Å²) in [5.74, 6) is 0.533. The Labute approximate surface area is 184 Å². The third kappa shape index (κ3) is 6.85. The lowest BCUT2D eigenvalue weighted by Crippen LogP contribution is -2.14. The number of carbonyl (C=O) groups excluding carboxylic acids is 2. The molecule has 2 aromatic carbocycles. The number of hydrogen-bond donors (Lipinski definition) is 1. The van der Waals surface area contributed by atoms with E-state index in [9.17, 15) is 9.59 Å². The van der Waals surface area contributed by atoms with Gasteiger partial charge in [-0.3, -0.25) is 4.79 Å². The molecular formula is C22H23N3O5S. The van der Waals surface area contributed by atoms with E-state index in [0.29, 0.717) is 17.1 Å². The molecule has 0 radical (unpaired) electrons. The summed E-state index contributed by atoms with van der Waals surface area (Å²) < 4.78 is 16.3. The van der Waals surface area contributed by atoms with Crippen molar-refractivity contribution in [3.05, 3.63) is 65.5 Å². The van der Waals surface area contributed by atoms with Crippen LogP contribution in [0.15, 0.2) is 58.2 Å². The molecule has 0 aliphatic heterocycles. The summed E-state index contributed by atoms with van der Waals surface area (Å²) in [5, 5.41) is 10.9. The van der Waals surface area contributed by atoms with Gasteiger partial charge in [0.1, 0.15) is 5.75 Å². The van der Waals surface area contributed by atoms with Crippen molar-refractivity contribution in [2.24, 2.45) is 0 Å². The number of aryl methyl sites for hydroxylation is 1. The first-order valence-electron chi connectivity index (χ1n) is 9.65. The van der Waals surface area contributed by atoms with Gasteiger partial charge in [0, 0.05) is 5.69 Å². The predicted octanol–water partition coefficient (Wildman–Crippen LogP) is 4.25. The molecule has 31 heavy (non-hydrogen) atoms. The molecule has 1 heterocycles. The molecule has 0 fully saturated rings. The molecule has 1 amide bonds. The molecule has 0 saturated heterocycles. The van der Waals surface area contributed by atoms with Gasteiger partial charge >= 0.3 is 5.97 Å². The number of hydrogen-bond acceptors (Lipinski definition) is 8. The van der Waals surface area contributed by atoms with Gasteiger partial charge in [0.05, 0.1) is 17.4 Å². The van der Waals surface area contributed by atoms with Gasteiger partial charge in [-0.15, -0.1) is 10.2 Å². The highest BCUT2D eigenvalue weighted by atomic mass is 32.2. The SMILES string of the molecule is Cc1ccccc1OCc1nnc(SCC(=O)Nc2ccc(C(=O)OC(C)C)cc2)o1. The molecule has 8 nitrogen and oxygen atoms in total. The lowest BCUT2D eigenvalue weighted by molar-refractivity contribution is -0.113. The smallest absolute Gasteiger partial charge is 0.338 e. The minimum absolute atomic E-state index is 0.0947. The Bertz CT molecular complexity index is 1030. The van der Waals surface area contributed by atoms with Gasteiger partial charge < -0.3 is 19.2 Å². The highest BCUT2D eigenvalue weighted by Crippen LogP contribution is 2.20. The van der Waals surface area contributed by atoms with E-state index in [1.165, 1.54) is 0 Å². The third-order valence-electron chi connectivity index (χ3n) is 3.97. The highest BCUT2D eigenvalue weighted by molar-refractivity contribution is 7.99. The second kappa shape index (κ2) is 10.6. The average molecular weight is 442 g/mol. The number of anilines is 1. The largest absolute Gasteiger partial charge is 0.484 e. The summed E-state index contributed by atoms with van der Waals surface area (Å²) in [6.07, 6.45) is -0.192. The number of nitrogens with one attached hydrogen (secondary N) is 1. The van der Waals surface area contributed by atoms with Crippen LogP contribution in [0.3, 0.4) is 0 Å². The van der Waals surface area contributed by atoms with Gasteiger partial charge in [0.25, 0.3) is 11.1 Å². The zero-order chi connectivity index (χ0) is 22.2. The number of rotatable bonds is 9. The van der Waals surface area contributed by atoms with Crippen LogP contribution in [-0.4, -0.2) is 33.9 Å². The Kier molecular flexibility index (Phi) is 7.66. The Hall–Kier alpha value is -3.33. The molecule has 3 aromatic rings. The number of amides is 1. The van der Waals surface area contributed by atoms with Crippen molar-refractivity contribution in [1.29, 1.82) is 0 Å². The molecule has 0 unspecified atom stereocenters. The van der Waals surface area contributed by atoms with Crippen molar-refractivity contribution in [2.75, 3.05) is 11.1 Å². The number of ether oxygens (including phenoxy) is 2. The van der Waals surface area contributed by atoms with Crippen LogP contribution in [0.25, 0.3) is 0 Å². The first-order valence-corrected chi connectivity index (χ1v) is 10.6. The van der Waals surface area contributed by atoms with Crippen LogP contribution in [0.4, 0.5) is 5.69 Å². The van der Waals surface area contributed by atoms with Crippen LogP contribution in [0, 0.1) is 6.92 Å². The standard InChI is InChI=1S/C22H23N3O5S/c1-14(2)29-21(27)16-8-10-17(11-9-16)23-19(26)13-31-22-25-24-20(30-22)12-28-18-7-5-4-6-15(18)3/h4-11,14H,12-13H2,1-3H3,(H,23,26). The fourth-order valence-electron chi connectivity index (χ4n) is 2.51. The highest BCUT2D eigenvalue weighted by Gasteiger charge is 2.12. The van der Waals surface area contributed by atoms with Gasteiger partial charge in [-0.1, -0.05) is 30.0 Å². The summed E-state index contributed by atoms with van der Waals surface area (Å²) in [6, 6.07) is 14.1. The zero-order valence-corrected chi connectivity index (χ0v) is 18.3. The third-order valence-corrected chi connectivity index (χ3v) is 4.79. The number of nitrogens with zero attached hydrogens (tertiary/aromatic N) is 2. The fourth-order valence-corrected chi connectivity index (χ4v) is 3.09. The zero-order valence-electron chi connectivity index (χ0n) is 17.5. The molecule has 0 saturated carbocycles. The molecule has 1 aromatic heterocycles. The second-order valence-electron chi connectivity index (χ2n) is 6.88. The Morgan fingerprint density at radius 2 is 1.84 bits per heavy atom. The molecule has 3 rings (SSSR count). The van der Waals surface area contributed by atoms with Crippen LogP contribution in [0.1, 0.15) is 35.7 Å². The minimum atomic E-state index is -0.401. The van der Waals surface area contributed by atoms with Crippen LogP contribution in [0.2, 0.25) is 0 Å². The summed E-state index contributed by atoms with van der Waals surface area (Å²) in [7, 11) is 0. The quantitative estimate of drug-likeness (QED) is 0.388. The van der Waals surface area contributed by atoms with E-state index in [-0.39, 0.29) is 29.6 Å². The van der Waals surface area contributed by atoms with Crippen molar-refractivity contribution >= 4 is 29.3 Å². The molecule has 9 heteroatoms. The maximum absolute atomic E-state index is 12.2. The lowest BCUT2D eigenvalue weighted by Gasteiger charge is -2.08. The first kappa shape index (κ1) is 22.4. The molecule has 0 atom stereocenters. The molecule has 0 aliphatic carbocycles. The number of carbonyl (C=O) groups is 2. The Morgan fingerprint density at radius 3 is 2.55 bits per heavy atom. The summed E-state index contributed by atoms with van der Waals surface area (Å²) >= 11 is 1.13. The fraction of sp³-hybridized carbons (Fsp3) is 0.273. The van der Waals surface area contributed by atoms with Gasteiger partial charge in [-0.2, -0.15) is 0 Å². The van der Waals surface area contributed by atoms with E-state index >= 15 is 0 Å². The number of para-hydroxylation sites is 1. The van der Waals surface area contributed by atoms with Gasteiger partial charge in [0.15, 0.2) is 6.61 Å². The number of aromatic nitrogens is 2. The van der Waals surface area contributed by atoms with Crippen LogP contribution < -0.4 is 10.1 Å². The topological polar surface area (TPSA) is 104 Å². The van der Waals surface area contributed by atoms with Crippen molar-refractivity contribution in [3.63, 3.8) is 0 Å². The Morgan fingerprint density at radius 1 is 1.10 bits per heavy atom. The Balaban J connectivity index is 1.44. The first-order chi connectivity index (χ1) is 14.9. The van der Waals surface area contributed by atoms with Crippen LogP contribution >= 0.6 is 11.8 Å². The lowest BCUT2D eigenvalue weighted by atomic mass is 10.2. The van der Waals surface area contributed by atoms with E-state index in [2.05, 4.69) is 15.5 Å². The summed E-state index contributed by atoms with van der Waals surface area (Å²) in [6.45, 7) is 5.67. The number of esters is 1. The molecule has 0 spiro atoms. The molecule has 162 valence electrons. The van der Waals surface area contributed by atoms with Gasteiger partial charge in [-0.25, -0.2) is 4.79 Å². The number of benzene rings is 2. The monoisotopic (exact) mass is 441 g/mol. The molecular weight excluding hydrogens is 418 g/mol. The van der Waals surface area contributed by atoms with Crippen LogP contribution in [-0.2, 0) is 16.1 Å². The van der Waals surface area contributed by atoms with Crippen LogP contribution in [0.5, 0.6) is 5.75 Å². The molecule has 1 N–H and O–H groups in total. The number of thioether (sulfide) groups is 1. The summed E-state index contributed by atoms with van der Waals surface area (Å²) in [4.78, 5) is 24.0. The van der Waals surface area contributed by atoms with Crippen molar-refractivity contribution in [1.82, 2.24) is 10.2 Å². The molecule has 0 aliphatic rings. The van der Waals surface area contributed by atoms with Crippen molar-refractivity contribution < 1.29 is 23.5 Å².